The van der Waals surface area contributed by atoms with Crippen molar-refractivity contribution in [3.63, 3.8) is 0 Å². The largest absolute Gasteiger partial charge is 0.451 e. The average molecular weight is 387 g/mol. The summed E-state index contributed by atoms with van der Waals surface area (Å²) in [7, 11) is 0. The summed E-state index contributed by atoms with van der Waals surface area (Å²) in [5, 5.41) is 1.29. The van der Waals surface area contributed by atoms with E-state index in [0.29, 0.717) is 15.6 Å². The third-order valence-corrected chi connectivity index (χ3v) is 4.92. The van der Waals surface area contributed by atoms with E-state index in [1.54, 1.807) is 0 Å². The number of cyclic esters (lactones) is 1. The van der Waals surface area contributed by atoms with Crippen molar-refractivity contribution >= 4 is 34.7 Å². The smallest absolute Gasteiger partial charge is 0.340 e. The molecular weight excluding hydrogens is 367 g/mol. The summed E-state index contributed by atoms with van der Waals surface area (Å²) in [6.07, 6.45) is 0. The summed E-state index contributed by atoms with van der Waals surface area (Å²) in [6.45, 7) is 7.84. The Morgan fingerprint density at radius 2 is 1.27 bits per heavy atom. The van der Waals surface area contributed by atoms with Crippen LogP contribution in [0.3, 0.4) is 0 Å². The molecule has 1 heterocycles. The number of carbonyl (C=O) groups excluding carboxylic acids is 1. The minimum absolute atomic E-state index is 0.314. The Balaban J connectivity index is 2.37. The van der Waals surface area contributed by atoms with Gasteiger partial charge in [0.2, 0.25) is 0 Å². The lowest BCUT2D eigenvalue weighted by atomic mass is 9.84. The van der Waals surface area contributed by atoms with Gasteiger partial charge >= 0.3 is 5.97 Å². The first-order valence-electron chi connectivity index (χ1n) is 8.38. The van der Waals surface area contributed by atoms with Crippen molar-refractivity contribution in [2.24, 2.45) is 0 Å². The Morgan fingerprint density at radius 1 is 0.846 bits per heavy atom. The van der Waals surface area contributed by atoms with Crippen molar-refractivity contribution in [2.75, 3.05) is 0 Å². The molecule has 3 rings (SSSR count). The quantitative estimate of drug-likeness (QED) is 0.436. The van der Waals surface area contributed by atoms with E-state index in [4.69, 9.17) is 27.9 Å². The molecule has 1 fully saturated rings. The molecule has 0 aliphatic carbocycles. The molecule has 1 aliphatic heterocycles. The number of halogens is 2. The minimum Gasteiger partial charge on any atom is -0.451 e. The van der Waals surface area contributed by atoms with Crippen LogP contribution in [0.4, 0.5) is 0 Å². The van der Waals surface area contributed by atoms with E-state index in [9.17, 15) is 4.79 Å². The normalized spacial score (nSPS) is 15.8. The molecule has 0 aromatic heterocycles. The summed E-state index contributed by atoms with van der Waals surface area (Å²) in [5.41, 5.74) is 4.53. The van der Waals surface area contributed by atoms with Crippen LogP contribution in [0.1, 0.15) is 38.8 Å². The van der Waals surface area contributed by atoms with Gasteiger partial charge in [-0.1, -0.05) is 53.0 Å². The molecule has 1 saturated heterocycles. The molecule has 2 nitrogen and oxygen atoms in total. The van der Waals surface area contributed by atoms with Gasteiger partial charge in [0.25, 0.3) is 0 Å². The van der Waals surface area contributed by atoms with Crippen molar-refractivity contribution in [2.45, 2.75) is 33.3 Å². The molecule has 26 heavy (non-hydrogen) atoms. The Bertz CT molecular complexity index is 866. The summed E-state index contributed by atoms with van der Waals surface area (Å²) >= 11 is 12.1. The highest BCUT2D eigenvalue weighted by Gasteiger charge is 2.43. The predicted molar refractivity (Wildman–Crippen MR) is 107 cm³/mol. The summed E-state index contributed by atoms with van der Waals surface area (Å²) in [5.74, 6) is -0.314. The molecule has 0 N–H and O–H groups in total. The third kappa shape index (κ3) is 3.44. The number of allylic oxidation sites excluding steroid dienone is 1. The highest BCUT2D eigenvalue weighted by Crippen LogP contribution is 2.43. The van der Waals surface area contributed by atoms with Gasteiger partial charge in [0.1, 0.15) is 5.60 Å². The van der Waals surface area contributed by atoms with Crippen LogP contribution in [0, 0.1) is 0 Å². The monoisotopic (exact) mass is 386 g/mol. The molecule has 0 unspecified atom stereocenters. The van der Waals surface area contributed by atoms with Gasteiger partial charge in [-0.05, 0) is 63.1 Å². The zero-order valence-electron chi connectivity index (χ0n) is 15.2. The number of ether oxygens (including phenoxy) is 1. The minimum atomic E-state index is -0.671. The van der Waals surface area contributed by atoms with Crippen LogP contribution in [0.2, 0.25) is 10.0 Å². The SMILES string of the molecule is CC(C)=C1C(=C(c2ccc(Cl)cc2)c2ccc(Cl)cc2)C(=O)OC1(C)C. The second-order valence-electron chi connectivity index (χ2n) is 7.04. The number of benzene rings is 2. The van der Waals surface area contributed by atoms with Crippen LogP contribution in [-0.4, -0.2) is 11.6 Å². The molecule has 2 aromatic carbocycles. The molecule has 0 spiro atoms. The maximum absolute atomic E-state index is 12.9. The molecule has 0 atom stereocenters. The maximum atomic E-state index is 12.9. The van der Waals surface area contributed by atoms with Gasteiger partial charge < -0.3 is 4.74 Å². The molecule has 4 heteroatoms. The van der Waals surface area contributed by atoms with Crippen LogP contribution >= 0.6 is 23.2 Å². The third-order valence-electron chi connectivity index (χ3n) is 4.42. The Labute approximate surface area is 164 Å². The second kappa shape index (κ2) is 6.94. The molecule has 0 radical (unpaired) electrons. The van der Waals surface area contributed by atoms with Gasteiger partial charge in [-0.15, -0.1) is 0 Å². The first kappa shape index (κ1) is 18.8. The molecule has 134 valence electrons. The van der Waals surface area contributed by atoms with Crippen molar-refractivity contribution in [3.05, 3.63) is 86.4 Å². The summed E-state index contributed by atoms with van der Waals surface area (Å²) < 4.78 is 5.70. The molecule has 0 bridgehead atoms. The first-order valence-corrected chi connectivity index (χ1v) is 9.14. The lowest BCUT2D eigenvalue weighted by molar-refractivity contribution is -0.142. The predicted octanol–water partition coefficient (Wildman–Crippen LogP) is 6.47. The first-order chi connectivity index (χ1) is 12.2. The standard InChI is InChI=1S/C22H20Cl2O2/c1-13(2)20-19(21(25)26-22(20,3)4)18(14-5-9-16(23)10-6-14)15-7-11-17(24)12-8-15/h5-12H,1-4H3. The Hall–Kier alpha value is -2.03. The van der Waals surface area contributed by atoms with Crippen LogP contribution in [0.25, 0.3) is 5.57 Å². The summed E-state index contributed by atoms with van der Waals surface area (Å²) in [6, 6.07) is 15.0. The average Bonchev–Trinajstić information content (AvgIpc) is 2.80. The highest BCUT2D eigenvalue weighted by atomic mass is 35.5. The fourth-order valence-corrected chi connectivity index (χ4v) is 3.76. The van der Waals surface area contributed by atoms with Crippen LogP contribution in [0.5, 0.6) is 0 Å². The zero-order valence-corrected chi connectivity index (χ0v) is 16.7. The fraction of sp³-hybridized carbons (Fsp3) is 0.227. The van der Waals surface area contributed by atoms with E-state index < -0.39 is 5.60 Å². The Morgan fingerprint density at radius 3 is 1.65 bits per heavy atom. The lowest BCUT2D eigenvalue weighted by Gasteiger charge is -2.20. The second-order valence-corrected chi connectivity index (χ2v) is 7.91. The zero-order chi connectivity index (χ0) is 19.1. The Kier molecular flexibility index (Phi) is 5.01. The van der Waals surface area contributed by atoms with Gasteiger partial charge in [-0.3, -0.25) is 0 Å². The number of carbonyl (C=O) groups is 1. The van der Waals surface area contributed by atoms with Crippen LogP contribution in [0.15, 0.2) is 65.3 Å². The van der Waals surface area contributed by atoms with Gasteiger partial charge in [-0.25, -0.2) is 4.79 Å². The van der Waals surface area contributed by atoms with Gasteiger partial charge in [0.05, 0.1) is 5.57 Å². The molecule has 2 aromatic rings. The molecule has 0 amide bonds. The van der Waals surface area contributed by atoms with E-state index in [0.717, 1.165) is 27.8 Å². The van der Waals surface area contributed by atoms with E-state index in [-0.39, 0.29) is 5.97 Å². The summed E-state index contributed by atoms with van der Waals surface area (Å²) in [4.78, 5) is 12.9. The van der Waals surface area contributed by atoms with Crippen LogP contribution in [-0.2, 0) is 9.53 Å². The molecule has 0 saturated carbocycles. The lowest BCUT2D eigenvalue weighted by Crippen LogP contribution is -2.21. The van der Waals surface area contributed by atoms with Crippen molar-refractivity contribution < 1.29 is 9.53 Å². The maximum Gasteiger partial charge on any atom is 0.340 e. The van der Waals surface area contributed by atoms with E-state index in [1.807, 2.05) is 76.2 Å². The van der Waals surface area contributed by atoms with Gasteiger partial charge in [0, 0.05) is 21.2 Å². The van der Waals surface area contributed by atoms with Crippen molar-refractivity contribution in [1.29, 1.82) is 0 Å². The number of rotatable bonds is 2. The van der Waals surface area contributed by atoms with E-state index in [1.165, 1.54) is 0 Å². The highest BCUT2D eigenvalue weighted by molar-refractivity contribution is 6.31. The van der Waals surface area contributed by atoms with E-state index in [2.05, 4.69) is 0 Å². The topological polar surface area (TPSA) is 26.3 Å². The van der Waals surface area contributed by atoms with Crippen molar-refractivity contribution in [1.82, 2.24) is 0 Å². The van der Waals surface area contributed by atoms with Gasteiger partial charge in [0.15, 0.2) is 0 Å². The van der Waals surface area contributed by atoms with Gasteiger partial charge in [-0.2, -0.15) is 0 Å². The van der Waals surface area contributed by atoms with Crippen molar-refractivity contribution in [3.8, 4) is 0 Å². The number of hydrogen-bond donors (Lipinski definition) is 0. The number of hydrogen-bond acceptors (Lipinski definition) is 2. The fourth-order valence-electron chi connectivity index (χ4n) is 3.50. The van der Waals surface area contributed by atoms with Crippen LogP contribution < -0.4 is 0 Å². The van der Waals surface area contributed by atoms with E-state index >= 15 is 0 Å². The molecule has 1 aliphatic rings. The number of esters is 1. The molecular formula is C22H20Cl2O2.